The van der Waals surface area contributed by atoms with E-state index in [1.54, 1.807) is 6.07 Å². The number of carbonyl (C=O) groups is 1. The number of hydrogen-bond donors (Lipinski definition) is 0. The number of nitrogens with zero attached hydrogens (tertiary/aromatic N) is 5. The molecule has 0 atom stereocenters. The number of halogens is 3. The van der Waals surface area contributed by atoms with Crippen LogP contribution in [0.5, 0.6) is 0 Å². The van der Waals surface area contributed by atoms with Gasteiger partial charge in [-0.3, -0.25) is 4.79 Å². The summed E-state index contributed by atoms with van der Waals surface area (Å²) >= 11 is 0. The average Bonchev–Trinajstić information content (AvgIpc) is 3.28. The fourth-order valence-corrected chi connectivity index (χ4v) is 6.28. The lowest BCUT2D eigenvalue weighted by Crippen LogP contribution is -2.58. The van der Waals surface area contributed by atoms with E-state index < -0.39 is 17.3 Å². The van der Waals surface area contributed by atoms with Crippen LogP contribution in [0.25, 0.3) is 27.9 Å². The summed E-state index contributed by atoms with van der Waals surface area (Å²) in [6, 6.07) is 9.75. The smallest absolute Gasteiger partial charge is 0.273 e. The molecule has 5 rings (SSSR count). The molecule has 6 nitrogen and oxygen atoms in total. The number of pyridine rings is 2. The highest BCUT2D eigenvalue weighted by Gasteiger charge is 2.36. The Kier molecular flexibility index (Phi) is 8.12. The first kappa shape index (κ1) is 31.3. The molecule has 1 aromatic carbocycles. The molecule has 0 N–H and O–H groups in total. The van der Waals surface area contributed by atoms with Crippen molar-refractivity contribution >= 4 is 28.8 Å². The molecule has 9 heteroatoms. The second-order valence-electron chi connectivity index (χ2n) is 13.0. The molecule has 4 aromatic rings. The Hall–Kier alpha value is -4.14. The molecule has 0 bridgehead atoms. The van der Waals surface area contributed by atoms with Gasteiger partial charge in [-0.25, -0.2) is 23.1 Å². The monoisotopic (exact) mass is 603 g/mol. The van der Waals surface area contributed by atoms with Crippen LogP contribution in [0.4, 0.5) is 19.0 Å². The van der Waals surface area contributed by atoms with E-state index in [9.17, 15) is 18.0 Å². The maximum absolute atomic E-state index is 14.8. The van der Waals surface area contributed by atoms with Crippen molar-refractivity contribution in [3.63, 3.8) is 0 Å². The number of aldehydes is 1. The van der Waals surface area contributed by atoms with Gasteiger partial charge in [0.1, 0.15) is 17.3 Å². The Morgan fingerprint density at radius 1 is 1.11 bits per heavy atom. The Morgan fingerprint density at radius 2 is 1.84 bits per heavy atom. The van der Waals surface area contributed by atoms with Gasteiger partial charge in [0.05, 0.1) is 28.2 Å². The molecule has 3 aromatic heterocycles. The molecule has 0 aliphatic carbocycles. The van der Waals surface area contributed by atoms with Crippen LogP contribution in [-0.4, -0.2) is 50.9 Å². The lowest BCUT2D eigenvalue weighted by Gasteiger charge is -2.49. The first-order valence-electron chi connectivity index (χ1n) is 14.9. The van der Waals surface area contributed by atoms with Crippen molar-refractivity contribution < 1.29 is 18.0 Å². The lowest BCUT2D eigenvalue weighted by molar-refractivity contribution is 0.0138. The van der Waals surface area contributed by atoms with Crippen LogP contribution in [0.2, 0.25) is 0 Å². The van der Waals surface area contributed by atoms with Crippen molar-refractivity contribution in [2.75, 3.05) is 24.5 Å². The fourth-order valence-electron chi connectivity index (χ4n) is 6.28. The van der Waals surface area contributed by atoms with Crippen molar-refractivity contribution in [3.8, 4) is 11.1 Å². The molecular formula is C35H40F3N5O. The summed E-state index contributed by atoms with van der Waals surface area (Å²) in [5.41, 5.74) is 4.88. The summed E-state index contributed by atoms with van der Waals surface area (Å²) in [6.45, 7) is 20.3. The predicted molar refractivity (Wildman–Crippen MR) is 171 cm³/mol. The number of anilines is 1. The summed E-state index contributed by atoms with van der Waals surface area (Å²) in [5.74, 6) is -3.02. The van der Waals surface area contributed by atoms with E-state index in [2.05, 4.69) is 48.6 Å². The van der Waals surface area contributed by atoms with Gasteiger partial charge in [0, 0.05) is 55.8 Å². The SMILES string of the molecule is C=C(c1ccc2c(-c3ccc(C(C)(F)F)c(F)c3)cn(CC(C)C)c2n1)N1CCN(c2cc(C)c(C=O)c(C)n2)CC1(C)C. The molecule has 1 saturated heterocycles. The van der Waals surface area contributed by atoms with Crippen LogP contribution in [0.3, 0.4) is 0 Å². The Labute approximate surface area is 257 Å². The third-order valence-corrected chi connectivity index (χ3v) is 8.44. The summed E-state index contributed by atoms with van der Waals surface area (Å²) in [5, 5.41) is 0.817. The highest BCUT2D eigenvalue weighted by molar-refractivity contribution is 5.95. The third-order valence-electron chi connectivity index (χ3n) is 8.44. The Bertz CT molecular complexity index is 1730. The van der Waals surface area contributed by atoms with Crippen LogP contribution in [-0.2, 0) is 12.5 Å². The molecule has 4 heterocycles. The van der Waals surface area contributed by atoms with Gasteiger partial charge in [-0.15, -0.1) is 0 Å². The first-order valence-corrected chi connectivity index (χ1v) is 14.9. The van der Waals surface area contributed by atoms with Crippen molar-refractivity contribution in [2.45, 2.75) is 66.5 Å². The van der Waals surface area contributed by atoms with Crippen molar-refractivity contribution in [1.29, 1.82) is 0 Å². The zero-order valence-electron chi connectivity index (χ0n) is 26.5. The fraction of sp³-hybridized carbons (Fsp3) is 0.400. The van der Waals surface area contributed by atoms with Crippen molar-refractivity contribution in [1.82, 2.24) is 19.4 Å². The molecular weight excluding hydrogens is 563 g/mol. The molecule has 1 aliphatic rings. The number of benzene rings is 1. The minimum atomic E-state index is -3.26. The van der Waals surface area contributed by atoms with Crippen molar-refractivity contribution in [2.24, 2.45) is 5.92 Å². The van der Waals surface area contributed by atoms with E-state index in [0.717, 1.165) is 64.0 Å². The van der Waals surface area contributed by atoms with Crippen LogP contribution in [0, 0.1) is 25.6 Å². The van der Waals surface area contributed by atoms with Gasteiger partial charge in [0.2, 0.25) is 0 Å². The number of piperazine rings is 1. The molecule has 0 unspecified atom stereocenters. The lowest BCUT2D eigenvalue weighted by atomic mass is 9.96. The minimum absolute atomic E-state index is 0.301. The van der Waals surface area contributed by atoms with Gasteiger partial charge < -0.3 is 14.4 Å². The second kappa shape index (κ2) is 11.4. The van der Waals surface area contributed by atoms with E-state index >= 15 is 0 Å². The van der Waals surface area contributed by atoms with Crippen LogP contribution in [0.1, 0.15) is 67.5 Å². The molecule has 0 radical (unpaired) electrons. The van der Waals surface area contributed by atoms with Gasteiger partial charge >= 0.3 is 0 Å². The molecule has 0 amide bonds. The minimum Gasteiger partial charge on any atom is -0.362 e. The second-order valence-corrected chi connectivity index (χ2v) is 13.0. The maximum Gasteiger partial charge on any atom is 0.273 e. The number of aromatic nitrogens is 3. The molecule has 1 fully saturated rings. The van der Waals surface area contributed by atoms with Gasteiger partial charge in [-0.1, -0.05) is 26.5 Å². The van der Waals surface area contributed by atoms with E-state index in [1.165, 1.54) is 6.07 Å². The average molecular weight is 604 g/mol. The topological polar surface area (TPSA) is 54.3 Å². The number of fused-ring (bicyclic) bond motifs is 1. The van der Waals surface area contributed by atoms with E-state index in [-0.39, 0.29) is 5.54 Å². The maximum atomic E-state index is 14.8. The van der Waals surface area contributed by atoms with E-state index in [1.807, 2.05) is 38.2 Å². The summed E-state index contributed by atoms with van der Waals surface area (Å²) < 4.78 is 44.5. The molecule has 44 heavy (non-hydrogen) atoms. The highest BCUT2D eigenvalue weighted by atomic mass is 19.3. The van der Waals surface area contributed by atoms with E-state index in [0.29, 0.717) is 43.6 Å². The first-order chi connectivity index (χ1) is 20.6. The molecule has 0 saturated carbocycles. The molecule has 232 valence electrons. The molecule has 0 spiro atoms. The largest absolute Gasteiger partial charge is 0.362 e. The van der Waals surface area contributed by atoms with Crippen LogP contribution < -0.4 is 4.90 Å². The zero-order chi connectivity index (χ0) is 32.1. The van der Waals surface area contributed by atoms with Crippen molar-refractivity contribution in [3.05, 3.63) is 83.1 Å². The predicted octanol–water partition coefficient (Wildman–Crippen LogP) is 8.01. The van der Waals surface area contributed by atoms with Crippen LogP contribution >= 0.6 is 0 Å². The summed E-state index contributed by atoms with van der Waals surface area (Å²) in [6.07, 6.45) is 2.79. The Morgan fingerprint density at radius 3 is 2.43 bits per heavy atom. The summed E-state index contributed by atoms with van der Waals surface area (Å²) in [4.78, 5) is 25.8. The number of rotatable bonds is 8. The molecule has 1 aliphatic heterocycles. The zero-order valence-corrected chi connectivity index (χ0v) is 26.5. The number of hydrogen-bond acceptors (Lipinski definition) is 5. The Balaban J connectivity index is 1.47. The quantitative estimate of drug-likeness (QED) is 0.191. The van der Waals surface area contributed by atoms with Gasteiger partial charge in [-0.05, 0) is 75.1 Å². The van der Waals surface area contributed by atoms with Gasteiger partial charge in [0.15, 0.2) is 6.29 Å². The third kappa shape index (κ3) is 5.84. The highest BCUT2D eigenvalue weighted by Crippen LogP contribution is 2.37. The number of aryl methyl sites for hydroxylation is 2. The number of carbonyl (C=O) groups excluding carboxylic acids is 1. The van der Waals surface area contributed by atoms with Gasteiger partial charge in [-0.2, -0.15) is 0 Å². The van der Waals surface area contributed by atoms with Crippen LogP contribution in [0.15, 0.2) is 49.2 Å². The normalized spacial score (nSPS) is 15.3. The summed E-state index contributed by atoms with van der Waals surface area (Å²) in [7, 11) is 0. The van der Waals surface area contributed by atoms with E-state index in [4.69, 9.17) is 9.97 Å². The van der Waals surface area contributed by atoms with Gasteiger partial charge in [0.25, 0.3) is 5.92 Å². The number of alkyl halides is 2. The standard InChI is InChI=1S/C35H40F3N5O/c1-21(2)17-42-18-27(25-9-11-29(30(36)16-25)35(8,37)38)26-10-12-31(40-33(26)42)24(5)43-14-13-41(20-34(43,6)7)32-15-22(3)28(19-44)23(4)39-32/h9-12,15-16,18-19,21H,5,13-14,17,20H2,1-4,6-8H3.